The molecule has 0 spiro atoms. The van der Waals surface area contributed by atoms with E-state index >= 15 is 0 Å². The quantitative estimate of drug-likeness (QED) is 0.657. The normalized spacial score (nSPS) is 23.0. The van der Waals surface area contributed by atoms with E-state index in [9.17, 15) is 0 Å². The lowest BCUT2D eigenvalue weighted by atomic mass is 10.2. The first-order valence-corrected chi connectivity index (χ1v) is 4.68. The maximum absolute atomic E-state index is 4.32. The molecule has 5 heteroatoms. The Bertz CT molecular complexity index is 292. The van der Waals surface area contributed by atoms with E-state index in [1.165, 1.54) is 0 Å². The van der Waals surface area contributed by atoms with Crippen molar-refractivity contribution in [2.75, 3.05) is 7.05 Å². The molecule has 0 saturated heterocycles. The summed E-state index contributed by atoms with van der Waals surface area (Å²) < 4.78 is 0. The van der Waals surface area contributed by atoms with Crippen LogP contribution >= 0.6 is 11.3 Å². The first kappa shape index (κ1) is 7.67. The molecular weight excluding hydrogens is 172 g/mol. The molecule has 2 rings (SSSR count). The van der Waals surface area contributed by atoms with E-state index < -0.39 is 0 Å². The lowest BCUT2D eigenvalue weighted by molar-refractivity contribution is 0.288. The number of hydrazone groups is 1. The number of nitrogens with zero attached hydrogens (tertiary/aromatic N) is 4. The van der Waals surface area contributed by atoms with E-state index in [2.05, 4.69) is 15.3 Å². The zero-order valence-electron chi connectivity index (χ0n) is 7.06. The second-order valence-corrected chi connectivity index (χ2v) is 3.77. The molecule has 4 nitrogen and oxygen atoms in total. The Morgan fingerprint density at radius 3 is 3.00 bits per heavy atom. The lowest BCUT2D eigenvalue weighted by Crippen LogP contribution is -2.13. The summed E-state index contributed by atoms with van der Waals surface area (Å²) in [6.07, 6.45) is 0.978. The summed E-state index contributed by atoms with van der Waals surface area (Å²) in [6, 6.07) is 0.317. The Kier molecular flexibility index (Phi) is 1.80. The predicted molar refractivity (Wildman–Crippen MR) is 48.1 cm³/mol. The summed E-state index contributed by atoms with van der Waals surface area (Å²) in [6.45, 7) is 2.04. The van der Waals surface area contributed by atoms with Crippen LogP contribution in [0.15, 0.2) is 10.6 Å². The van der Waals surface area contributed by atoms with Gasteiger partial charge < -0.3 is 0 Å². The van der Waals surface area contributed by atoms with Gasteiger partial charge >= 0.3 is 0 Å². The summed E-state index contributed by atoms with van der Waals surface area (Å²) in [5.74, 6) is 0. The Labute approximate surface area is 74.9 Å². The SMILES string of the molecule is CC1=NN(C)C(c2nncs2)C1. The van der Waals surface area contributed by atoms with Gasteiger partial charge in [-0.05, 0) is 6.92 Å². The summed E-state index contributed by atoms with van der Waals surface area (Å²) in [5.41, 5.74) is 2.93. The second kappa shape index (κ2) is 2.82. The van der Waals surface area contributed by atoms with Crippen molar-refractivity contribution in [1.29, 1.82) is 0 Å². The van der Waals surface area contributed by atoms with Crippen LogP contribution in [0.5, 0.6) is 0 Å². The van der Waals surface area contributed by atoms with Crippen LogP contribution < -0.4 is 0 Å². The highest BCUT2D eigenvalue weighted by atomic mass is 32.1. The minimum absolute atomic E-state index is 0.317. The van der Waals surface area contributed by atoms with Crippen molar-refractivity contribution >= 4 is 17.0 Å². The molecule has 1 aliphatic heterocycles. The predicted octanol–water partition coefficient (Wildman–Crippen LogP) is 1.29. The van der Waals surface area contributed by atoms with Crippen molar-refractivity contribution in [1.82, 2.24) is 15.2 Å². The van der Waals surface area contributed by atoms with Gasteiger partial charge in [-0.15, -0.1) is 21.5 Å². The van der Waals surface area contributed by atoms with Crippen molar-refractivity contribution in [3.05, 3.63) is 10.5 Å². The lowest BCUT2D eigenvalue weighted by Gasteiger charge is -2.14. The number of hydrogen-bond donors (Lipinski definition) is 0. The molecule has 1 aliphatic rings. The summed E-state index contributed by atoms with van der Waals surface area (Å²) in [4.78, 5) is 0. The van der Waals surface area contributed by atoms with Crippen molar-refractivity contribution in [3.8, 4) is 0 Å². The number of aromatic nitrogens is 2. The van der Waals surface area contributed by atoms with Gasteiger partial charge in [-0.1, -0.05) is 0 Å². The van der Waals surface area contributed by atoms with E-state index in [1.54, 1.807) is 16.8 Å². The molecule has 1 aromatic heterocycles. The molecule has 12 heavy (non-hydrogen) atoms. The molecule has 0 amide bonds. The van der Waals surface area contributed by atoms with Gasteiger partial charge in [-0.3, -0.25) is 5.01 Å². The summed E-state index contributed by atoms with van der Waals surface area (Å²) in [7, 11) is 1.97. The van der Waals surface area contributed by atoms with Crippen molar-refractivity contribution in [2.45, 2.75) is 19.4 Å². The summed E-state index contributed by atoms with van der Waals surface area (Å²) in [5, 5.41) is 15.2. The molecule has 0 aromatic carbocycles. The van der Waals surface area contributed by atoms with Crippen LogP contribution in [0.25, 0.3) is 0 Å². The average molecular weight is 182 g/mol. The maximum Gasteiger partial charge on any atom is 0.141 e. The van der Waals surface area contributed by atoms with Gasteiger partial charge in [0.1, 0.15) is 16.6 Å². The highest BCUT2D eigenvalue weighted by molar-refractivity contribution is 7.09. The number of hydrogen-bond acceptors (Lipinski definition) is 5. The Morgan fingerprint density at radius 2 is 2.50 bits per heavy atom. The first-order chi connectivity index (χ1) is 5.77. The fraction of sp³-hybridized carbons (Fsp3) is 0.571. The van der Waals surface area contributed by atoms with Crippen LogP contribution in [0.2, 0.25) is 0 Å². The van der Waals surface area contributed by atoms with Crippen LogP contribution in [-0.2, 0) is 0 Å². The fourth-order valence-corrected chi connectivity index (χ4v) is 2.06. The van der Waals surface area contributed by atoms with E-state index in [4.69, 9.17) is 0 Å². The van der Waals surface area contributed by atoms with Gasteiger partial charge in [0, 0.05) is 19.2 Å². The van der Waals surface area contributed by atoms with Gasteiger partial charge in [-0.25, -0.2) is 0 Å². The van der Waals surface area contributed by atoms with Crippen LogP contribution in [0.1, 0.15) is 24.4 Å². The molecule has 64 valence electrons. The largest absolute Gasteiger partial charge is 0.290 e. The van der Waals surface area contributed by atoms with Crippen LogP contribution in [0, 0.1) is 0 Å². The Morgan fingerprint density at radius 1 is 1.67 bits per heavy atom. The van der Waals surface area contributed by atoms with Gasteiger partial charge in [0.05, 0.1) is 0 Å². The topological polar surface area (TPSA) is 41.4 Å². The Balaban J connectivity index is 2.19. The zero-order valence-corrected chi connectivity index (χ0v) is 7.88. The molecule has 0 aliphatic carbocycles. The molecule has 0 radical (unpaired) electrons. The standard InChI is InChI=1S/C7H10N4S/c1-5-3-6(11(2)10-5)7-9-8-4-12-7/h4,6H,3H2,1-2H3. The smallest absolute Gasteiger partial charge is 0.141 e. The molecule has 0 saturated carbocycles. The van der Waals surface area contributed by atoms with E-state index in [1.807, 2.05) is 19.0 Å². The molecule has 2 heterocycles. The minimum atomic E-state index is 0.317. The summed E-state index contributed by atoms with van der Waals surface area (Å²) >= 11 is 1.59. The van der Waals surface area contributed by atoms with Crippen LogP contribution in [0.3, 0.4) is 0 Å². The monoisotopic (exact) mass is 182 g/mol. The van der Waals surface area contributed by atoms with Crippen molar-refractivity contribution < 1.29 is 0 Å². The number of rotatable bonds is 1. The van der Waals surface area contributed by atoms with Crippen molar-refractivity contribution in [3.63, 3.8) is 0 Å². The first-order valence-electron chi connectivity index (χ1n) is 3.80. The van der Waals surface area contributed by atoms with Crippen LogP contribution in [-0.4, -0.2) is 28.0 Å². The van der Waals surface area contributed by atoms with Crippen LogP contribution in [0.4, 0.5) is 0 Å². The highest BCUT2D eigenvalue weighted by Crippen LogP contribution is 2.29. The van der Waals surface area contributed by atoms with E-state index in [0.29, 0.717) is 6.04 Å². The van der Waals surface area contributed by atoms with E-state index in [-0.39, 0.29) is 0 Å². The van der Waals surface area contributed by atoms with Gasteiger partial charge in [-0.2, -0.15) is 5.10 Å². The third kappa shape index (κ3) is 1.20. The Hall–Kier alpha value is -0.970. The fourth-order valence-electron chi connectivity index (χ4n) is 1.37. The highest BCUT2D eigenvalue weighted by Gasteiger charge is 2.25. The van der Waals surface area contributed by atoms with Gasteiger partial charge in [0.2, 0.25) is 0 Å². The molecule has 1 aromatic rings. The van der Waals surface area contributed by atoms with Crippen molar-refractivity contribution in [2.24, 2.45) is 5.10 Å². The average Bonchev–Trinajstić information content (AvgIpc) is 2.58. The molecule has 1 atom stereocenters. The van der Waals surface area contributed by atoms with E-state index in [0.717, 1.165) is 17.1 Å². The molecule has 0 bridgehead atoms. The zero-order chi connectivity index (χ0) is 8.55. The molecular formula is C7H10N4S. The van der Waals surface area contributed by atoms with Gasteiger partial charge in [0.15, 0.2) is 0 Å². The molecule has 0 N–H and O–H groups in total. The molecule has 0 fully saturated rings. The second-order valence-electron chi connectivity index (χ2n) is 2.91. The minimum Gasteiger partial charge on any atom is -0.290 e. The van der Waals surface area contributed by atoms with Gasteiger partial charge in [0.25, 0.3) is 0 Å². The third-order valence-electron chi connectivity index (χ3n) is 1.93. The third-order valence-corrected chi connectivity index (χ3v) is 2.73. The molecule has 1 unspecified atom stereocenters. The maximum atomic E-state index is 4.32.